The Morgan fingerprint density at radius 3 is 2.05 bits per heavy atom. The quantitative estimate of drug-likeness (QED) is 0.473. The van der Waals surface area contributed by atoms with Crippen LogP contribution >= 0.6 is 23.8 Å². The van der Waals surface area contributed by atoms with Crippen LogP contribution in [0.1, 0.15) is 17.3 Å². The molecule has 0 heterocycles. The summed E-state index contributed by atoms with van der Waals surface area (Å²) < 4.78 is 0. The fourth-order valence-electron chi connectivity index (χ4n) is 1.32. The van der Waals surface area contributed by atoms with Gasteiger partial charge < -0.3 is 10.4 Å². The molecule has 0 amide bonds. The summed E-state index contributed by atoms with van der Waals surface area (Å²) in [5.74, 6) is -0.934. The van der Waals surface area contributed by atoms with E-state index in [1.807, 2.05) is 37.3 Å². The van der Waals surface area contributed by atoms with Crippen molar-refractivity contribution in [1.29, 1.82) is 0 Å². The van der Waals surface area contributed by atoms with E-state index in [0.29, 0.717) is 5.02 Å². The number of aromatic carboxylic acids is 1. The maximum absolute atomic E-state index is 10.3. The Kier molecular flexibility index (Phi) is 10.2. The van der Waals surface area contributed by atoms with Crippen LogP contribution in [0.5, 0.6) is 0 Å². The number of thiocarbonyl (C=S) groups is 1. The molecule has 0 aromatic heterocycles. The van der Waals surface area contributed by atoms with Gasteiger partial charge in [-0.15, -0.1) is 0 Å². The van der Waals surface area contributed by atoms with E-state index in [-0.39, 0.29) is 32.9 Å². The number of carboxylic acid groups (broad SMARTS) is 1. The molecule has 6 heteroatoms. The Balaban J connectivity index is 0.000000364. The Labute approximate surface area is 154 Å². The van der Waals surface area contributed by atoms with Crippen molar-refractivity contribution < 1.29 is 9.90 Å². The average Bonchev–Trinajstić information content (AvgIpc) is 2.40. The molecule has 0 atom stereocenters. The number of halogens is 1. The van der Waals surface area contributed by atoms with Crippen LogP contribution in [-0.4, -0.2) is 43.4 Å². The van der Waals surface area contributed by atoms with Gasteiger partial charge in [0.2, 0.25) is 0 Å². The summed E-state index contributed by atoms with van der Waals surface area (Å²) in [5.41, 5.74) is 1.31. The van der Waals surface area contributed by atoms with Gasteiger partial charge >= 0.3 is 33.3 Å². The molecular weight excluding hydrogens is 501 g/mol. The van der Waals surface area contributed by atoms with Crippen molar-refractivity contribution in [3.63, 3.8) is 0 Å². The van der Waals surface area contributed by atoms with Gasteiger partial charge in [0.1, 0.15) is 0 Å². The molecule has 0 bridgehead atoms. The third-order valence-electron chi connectivity index (χ3n) is 2.19. The van der Waals surface area contributed by atoms with Crippen LogP contribution < -0.4 is 5.32 Å². The van der Waals surface area contributed by atoms with E-state index < -0.39 is 5.97 Å². The van der Waals surface area contributed by atoms with Gasteiger partial charge in [0.05, 0.1) is 10.6 Å². The Morgan fingerprint density at radius 2 is 1.62 bits per heavy atom. The van der Waals surface area contributed by atoms with E-state index in [0.717, 1.165) is 10.7 Å². The zero-order valence-electron chi connectivity index (χ0n) is 11.5. The van der Waals surface area contributed by atoms with E-state index >= 15 is 0 Å². The first-order chi connectivity index (χ1) is 9.49. The number of rotatable bonds is 2. The van der Waals surface area contributed by atoms with Gasteiger partial charge in [-0.25, -0.2) is 4.79 Å². The zero-order chi connectivity index (χ0) is 15.0. The van der Waals surface area contributed by atoms with Gasteiger partial charge in [-0.2, -0.15) is 0 Å². The molecule has 2 aromatic carbocycles. The number of hydrogen-bond donors (Lipinski definition) is 2. The van der Waals surface area contributed by atoms with Crippen LogP contribution in [0.4, 0.5) is 5.69 Å². The molecule has 0 spiro atoms. The fourth-order valence-corrected chi connectivity index (χ4v) is 1.56. The Bertz CT molecular complexity index is 576. The van der Waals surface area contributed by atoms with Crippen LogP contribution in [0, 0.1) is 0 Å². The number of para-hydroxylation sites is 1. The van der Waals surface area contributed by atoms with Crippen LogP contribution in [0.15, 0.2) is 54.6 Å². The first-order valence-electron chi connectivity index (χ1n) is 5.80. The molecule has 2 radical (unpaired) electrons. The SMILES string of the molecule is CC(=S)Nc1ccccc1.O=C(O)c1ccc(Cl)cc1.[PbH2]. The predicted octanol–water partition coefficient (Wildman–Crippen LogP) is 3.57. The van der Waals surface area contributed by atoms with Crippen molar-refractivity contribution in [2.45, 2.75) is 6.92 Å². The monoisotopic (exact) mass is 517 g/mol. The molecular formula is C15H16ClNO2PbS. The third-order valence-corrected chi connectivity index (χ3v) is 2.54. The summed E-state index contributed by atoms with van der Waals surface area (Å²) in [6.07, 6.45) is 0. The van der Waals surface area contributed by atoms with Crippen molar-refractivity contribution in [3.05, 3.63) is 65.2 Å². The first kappa shape index (κ1) is 20.0. The summed E-state index contributed by atoms with van der Waals surface area (Å²) in [7, 11) is 0. The second-order valence-corrected chi connectivity index (χ2v) is 4.91. The van der Waals surface area contributed by atoms with Crippen molar-refractivity contribution in [2.24, 2.45) is 0 Å². The van der Waals surface area contributed by atoms with Crippen LogP contribution in [-0.2, 0) is 0 Å². The predicted molar refractivity (Wildman–Crippen MR) is 95.3 cm³/mol. The summed E-state index contributed by atoms with van der Waals surface area (Å²) >= 11 is 10.4. The van der Waals surface area contributed by atoms with Crippen molar-refractivity contribution in [2.75, 3.05) is 5.32 Å². The van der Waals surface area contributed by atoms with E-state index in [1.54, 1.807) is 12.1 Å². The van der Waals surface area contributed by atoms with Gasteiger partial charge in [-0.1, -0.05) is 42.0 Å². The molecule has 0 unspecified atom stereocenters. The molecule has 0 saturated heterocycles. The topological polar surface area (TPSA) is 49.3 Å². The van der Waals surface area contributed by atoms with Gasteiger partial charge in [0.25, 0.3) is 0 Å². The number of hydrogen-bond acceptors (Lipinski definition) is 2. The van der Waals surface area contributed by atoms with E-state index in [9.17, 15) is 4.79 Å². The molecule has 0 fully saturated rings. The second kappa shape index (κ2) is 10.7. The third kappa shape index (κ3) is 8.80. The van der Waals surface area contributed by atoms with E-state index in [4.69, 9.17) is 28.9 Å². The standard InChI is InChI=1S/C8H9NS.C7H5ClO2.Pb.2H/c1-7(10)9-8-5-3-2-4-6-8;8-6-3-1-5(2-4-6)7(9)10;;;/h2-6H,1H3,(H,9,10);1-4H,(H,9,10);;;. The Hall–Kier alpha value is -0.988. The molecule has 2 rings (SSSR count). The van der Waals surface area contributed by atoms with E-state index in [1.165, 1.54) is 12.1 Å². The number of anilines is 1. The number of nitrogens with one attached hydrogen (secondary N) is 1. The fraction of sp³-hybridized carbons (Fsp3) is 0.0667. The first-order valence-corrected chi connectivity index (χ1v) is 6.59. The maximum atomic E-state index is 10.3. The Morgan fingerprint density at radius 1 is 1.10 bits per heavy atom. The molecule has 110 valence electrons. The number of benzene rings is 2. The van der Waals surface area contributed by atoms with Crippen molar-refractivity contribution in [1.82, 2.24) is 0 Å². The van der Waals surface area contributed by atoms with Crippen LogP contribution in [0.3, 0.4) is 0 Å². The zero-order valence-corrected chi connectivity index (χ0v) is 18.6. The molecule has 2 N–H and O–H groups in total. The van der Waals surface area contributed by atoms with Crippen LogP contribution in [0.25, 0.3) is 0 Å². The van der Waals surface area contributed by atoms with Crippen molar-refractivity contribution in [3.8, 4) is 0 Å². The van der Waals surface area contributed by atoms with E-state index in [2.05, 4.69) is 5.32 Å². The average molecular weight is 517 g/mol. The molecule has 3 nitrogen and oxygen atoms in total. The van der Waals surface area contributed by atoms with Gasteiger partial charge in [-0.3, -0.25) is 0 Å². The summed E-state index contributed by atoms with van der Waals surface area (Å²) in [4.78, 5) is 11.1. The van der Waals surface area contributed by atoms with Gasteiger partial charge in [-0.05, 0) is 43.3 Å². The molecule has 21 heavy (non-hydrogen) atoms. The summed E-state index contributed by atoms with van der Waals surface area (Å²) in [6.45, 7) is 1.86. The van der Waals surface area contributed by atoms with Gasteiger partial charge in [0, 0.05) is 10.7 Å². The minimum absolute atomic E-state index is 0. The normalized spacial score (nSPS) is 8.67. The van der Waals surface area contributed by atoms with Crippen molar-refractivity contribution >= 4 is 67.8 Å². The minimum atomic E-state index is -0.934. The number of carboxylic acids is 1. The molecule has 0 aliphatic carbocycles. The number of carbonyl (C=O) groups is 1. The van der Waals surface area contributed by atoms with Gasteiger partial charge in [0.15, 0.2) is 0 Å². The molecule has 0 aliphatic heterocycles. The van der Waals surface area contributed by atoms with Crippen LogP contribution in [0.2, 0.25) is 5.02 Å². The molecule has 2 aromatic rings. The summed E-state index contributed by atoms with van der Waals surface area (Å²) in [6, 6.07) is 15.9. The second-order valence-electron chi connectivity index (χ2n) is 3.86. The molecule has 0 aliphatic rings. The molecule has 0 saturated carbocycles. The summed E-state index contributed by atoms with van der Waals surface area (Å²) in [5, 5.41) is 12.0.